The van der Waals surface area contributed by atoms with E-state index in [2.05, 4.69) is 39.5 Å². The van der Waals surface area contributed by atoms with E-state index in [1.807, 2.05) is 57.8 Å². The van der Waals surface area contributed by atoms with E-state index < -0.39 is 0 Å². The van der Waals surface area contributed by atoms with Crippen molar-refractivity contribution < 1.29 is 4.79 Å². The van der Waals surface area contributed by atoms with Gasteiger partial charge in [0.25, 0.3) is 0 Å². The molecule has 9 nitrogen and oxygen atoms in total. The van der Waals surface area contributed by atoms with Crippen LogP contribution in [0, 0.1) is 16.7 Å². The standard InChI is InChI=1S/C28H32N8O/c1-5-28(27(37)33-19(2)3)8-10-35(11-9-28)25-7-6-20(14-30-25)24-12-21(23-16-31-34(4)17-23)18-36-26(24)22(13-29)15-32-36/h6-7,12,14-19H,5,8-11H2,1-4H3,(H,33,37). The van der Waals surface area contributed by atoms with Gasteiger partial charge < -0.3 is 10.2 Å². The predicted molar refractivity (Wildman–Crippen MR) is 143 cm³/mol. The summed E-state index contributed by atoms with van der Waals surface area (Å²) in [5, 5.41) is 21.5. The summed E-state index contributed by atoms with van der Waals surface area (Å²) in [7, 11) is 1.88. The second-order valence-corrected chi connectivity index (χ2v) is 10.2. The van der Waals surface area contributed by atoms with Gasteiger partial charge in [0.05, 0.1) is 28.9 Å². The van der Waals surface area contributed by atoms with Crippen molar-refractivity contribution in [2.45, 2.75) is 46.1 Å². The minimum atomic E-state index is -0.311. The Labute approximate surface area is 216 Å². The topological polar surface area (TPSA) is 104 Å². The number of rotatable bonds is 6. The van der Waals surface area contributed by atoms with E-state index >= 15 is 0 Å². The molecule has 190 valence electrons. The molecule has 1 saturated heterocycles. The first-order chi connectivity index (χ1) is 17.8. The van der Waals surface area contributed by atoms with Gasteiger partial charge in [0.2, 0.25) is 5.91 Å². The summed E-state index contributed by atoms with van der Waals surface area (Å²) in [4.78, 5) is 19.9. The fraction of sp³-hybridized carbons (Fsp3) is 0.393. The number of hydrogen-bond donors (Lipinski definition) is 1. The molecule has 37 heavy (non-hydrogen) atoms. The van der Waals surface area contributed by atoms with Crippen LogP contribution in [0.5, 0.6) is 0 Å². The Morgan fingerprint density at radius 3 is 2.49 bits per heavy atom. The van der Waals surface area contributed by atoms with Crippen LogP contribution < -0.4 is 10.2 Å². The van der Waals surface area contributed by atoms with Gasteiger partial charge in [-0.3, -0.25) is 9.48 Å². The maximum absolute atomic E-state index is 12.9. The summed E-state index contributed by atoms with van der Waals surface area (Å²) in [6.07, 6.45) is 11.6. The molecule has 1 aliphatic heterocycles. The number of hydrogen-bond acceptors (Lipinski definition) is 6. The number of nitrogens with zero attached hydrogens (tertiary/aromatic N) is 7. The third-order valence-electron chi connectivity index (χ3n) is 7.45. The van der Waals surface area contributed by atoms with Crippen LogP contribution in [0.1, 0.15) is 45.6 Å². The Bertz CT molecular complexity index is 1470. The highest BCUT2D eigenvalue weighted by Crippen LogP contribution is 2.37. The summed E-state index contributed by atoms with van der Waals surface area (Å²) < 4.78 is 3.51. The van der Waals surface area contributed by atoms with Gasteiger partial charge in [0.15, 0.2) is 0 Å². The normalized spacial score (nSPS) is 15.2. The minimum Gasteiger partial charge on any atom is -0.357 e. The van der Waals surface area contributed by atoms with Crippen molar-refractivity contribution in [1.82, 2.24) is 29.7 Å². The summed E-state index contributed by atoms with van der Waals surface area (Å²) in [6, 6.07) is 8.54. The highest BCUT2D eigenvalue weighted by Gasteiger charge is 2.40. The number of amides is 1. The van der Waals surface area contributed by atoms with Crippen LogP contribution in [0.2, 0.25) is 0 Å². The van der Waals surface area contributed by atoms with Crippen LogP contribution in [-0.4, -0.2) is 49.4 Å². The molecule has 0 spiro atoms. The summed E-state index contributed by atoms with van der Waals surface area (Å²) in [5.74, 6) is 1.06. The van der Waals surface area contributed by atoms with Crippen molar-refractivity contribution in [3.05, 3.63) is 54.7 Å². The van der Waals surface area contributed by atoms with E-state index in [4.69, 9.17) is 4.98 Å². The second kappa shape index (κ2) is 9.69. The molecule has 0 aliphatic carbocycles. The Hall–Kier alpha value is -4.19. The van der Waals surface area contributed by atoms with Gasteiger partial charge in [-0.25, -0.2) is 9.50 Å². The average molecular weight is 497 g/mol. The fourth-order valence-corrected chi connectivity index (χ4v) is 5.20. The van der Waals surface area contributed by atoms with Crippen molar-refractivity contribution in [2.24, 2.45) is 12.5 Å². The van der Waals surface area contributed by atoms with Crippen LogP contribution in [0.15, 0.2) is 49.2 Å². The molecule has 1 fully saturated rings. The first-order valence-electron chi connectivity index (χ1n) is 12.8. The second-order valence-electron chi connectivity index (χ2n) is 10.2. The first-order valence-corrected chi connectivity index (χ1v) is 12.8. The zero-order valence-electron chi connectivity index (χ0n) is 21.8. The van der Waals surface area contributed by atoms with Crippen LogP contribution in [0.4, 0.5) is 5.82 Å². The molecule has 0 unspecified atom stereocenters. The molecule has 0 aromatic carbocycles. The van der Waals surface area contributed by atoms with Gasteiger partial charge in [-0.15, -0.1) is 0 Å². The maximum Gasteiger partial charge on any atom is 0.226 e. The molecule has 4 aromatic heterocycles. The minimum absolute atomic E-state index is 0.142. The van der Waals surface area contributed by atoms with E-state index in [1.54, 1.807) is 15.4 Å². The Kier molecular flexibility index (Phi) is 6.42. The SMILES string of the molecule is CCC1(C(=O)NC(C)C)CCN(c2ccc(-c3cc(-c4cnn(C)c4)cn4ncc(C#N)c34)cn2)CC1. The molecule has 5 rings (SSSR count). The number of anilines is 1. The number of fused-ring (bicyclic) bond motifs is 1. The molecular weight excluding hydrogens is 464 g/mol. The maximum atomic E-state index is 12.9. The number of nitriles is 1. The van der Waals surface area contributed by atoms with Crippen LogP contribution in [0.3, 0.4) is 0 Å². The quantitative estimate of drug-likeness (QED) is 0.429. The zero-order valence-corrected chi connectivity index (χ0v) is 21.8. The number of pyridine rings is 2. The molecule has 5 heterocycles. The number of aryl methyl sites for hydroxylation is 1. The number of carbonyl (C=O) groups is 1. The fourth-order valence-electron chi connectivity index (χ4n) is 5.20. The number of piperidine rings is 1. The van der Waals surface area contributed by atoms with Gasteiger partial charge in [-0.05, 0) is 51.3 Å². The van der Waals surface area contributed by atoms with E-state index in [1.165, 1.54) is 0 Å². The van der Waals surface area contributed by atoms with E-state index in [0.29, 0.717) is 5.56 Å². The Balaban J connectivity index is 1.43. The third-order valence-corrected chi connectivity index (χ3v) is 7.45. The van der Waals surface area contributed by atoms with Crippen LogP contribution in [0.25, 0.3) is 27.8 Å². The summed E-state index contributed by atoms with van der Waals surface area (Å²) in [5.41, 5.74) is 4.69. The molecular formula is C28H32N8O. The number of aromatic nitrogens is 5. The van der Waals surface area contributed by atoms with E-state index in [9.17, 15) is 10.1 Å². The van der Waals surface area contributed by atoms with Crippen molar-refractivity contribution in [1.29, 1.82) is 5.26 Å². The van der Waals surface area contributed by atoms with Gasteiger partial charge in [0.1, 0.15) is 11.9 Å². The molecule has 0 atom stereocenters. The lowest BCUT2D eigenvalue weighted by Crippen LogP contribution is -2.50. The molecule has 0 saturated carbocycles. The van der Waals surface area contributed by atoms with Crippen molar-refractivity contribution in [2.75, 3.05) is 18.0 Å². The van der Waals surface area contributed by atoms with Crippen LogP contribution >= 0.6 is 0 Å². The van der Waals surface area contributed by atoms with Crippen molar-refractivity contribution in [3.63, 3.8) is 0 Å². The monoisotopic (exact) mass is 496 g/mol. The Morgan fingerprint density at radius 2 is 1.89 bits per heavy atom. The number of carbonyl (C=O) groups excluding carboxylic acids is 1. The van der Waals surface area contributed by atoms with Gasteiger partial charge >= 0.3 is 0 Å². The highest BCUT2D eigenvalue weighted by molar-refractivity contribution is 5.87. The van der Waals surface area contributed by atoms with Crippen molar-refractivity contribution >= 4 is 17.2 Å². The van der Waals surface area contributed by atoms with Crippen LogP contribution in [-0.2, 0) is 11.8 Å². The lowest BCUT2D eigenvalue weighted by molar-refractivity contribution is -0.133. The lowest BCUT2D eigenvalue weighted by Gasteiger charge is -2.41. The Morgan fingerprint density at radius 1 is 1.11 bits per heavy atom. The molecule has 1 aliphatic rings. The van der Waals surface area contributed by atoms with Gasteiger partial charge in [-0.1, -0.05) is 6.92 Å². The lowest BCUT2D eigenvalue weighted by atomic mass is 9.75. The van der Waals surface area contributed by atoms with E-state index in [-0.39, 0.29) is 17.4 Å². The smallest absolute Gasteiger partial charge is 0.226 e. The summed E-state index contributed by atoms with van der Waals surface area (Å²) in [6.45, 7) is 7.69. The molecule has 9 heteroatoms. The predicted octanol–water partition coefficient (Wildman–Crippen LogP) is 4.19. The number of nitrogens with one attached hydrogen (secondary N) is 1. The molecule has 0 radical (unpaired) electrons. The highest BCUT2D eigenvalue weighted by atomic mass is 16.2. The molecule has 1 N–H and O–H groups in total. The van der Waals surface area contributed by atoms with Gasteiger partial charge in [0, 0.05) is 67.0 Å². The summed E-state index contributed by atoms with van der Waals surface area (Å²) >= 11 is 0. The first kappa shape index (κ1) is 24.5. The molecule has 4 aromatic rings. The molecule has 1 amide bonds. The zero-order chi connectivity index (χ0) is 26.2. The largest absolute Gasteiger partial charge is 0.357 e. The third kappa shape index (κ3) is 4.55. The average Bonchev–Trinajstić information content (AvgIpc) is 3.54. The van der Waals surface area contributed by atoms with Crippen molar-refractivity contribution in [3.8, 4) is 28.3 Å². The molecule has 0 bridgehead atoms. The van der Waals surface area contributed by atoms with Gasteiger partial charge in [-0.2, -0.15) is 15.5 Å². The van der Waals surface area contributed by atoms with E-state index in [0.717, 1.165) is 65.9 Å².